The molecule has 1 aliphatic rings. The summed E-state index contributed by atoms with van der Waals surface area (Å²) < 4.78 is 111. The van der Waals surface area contributed by atoms with Crippen LogP contribution in [0.15, 0.2) is 48.5 Å². The molecule has 1 heterocycles. The van der Waals surface area contributed by atoms with E-state index in [2.05, 4.69) is 0 Å². The van der Waals surface area contributed by atoms with Gasteiger partial charge in [0.15, 0.2) is 6.29 Å². The number of hydrogen-bond acceptors (Lipinski definition) is 3. The molecule has 35 heavy (non-hydrogen) atoms. The second kappa shape index (κ2) is 9.40. The number of alkyl halides is 5. The Balaban J connectivity index is 1.56. The number of halogens is 7. The van der Waals surface area contributed by atoms with Gasteiger partial charge in [0.1, 0.15) is 17.4 Å². The van der Waals surface area contributed by atoms with E-state index >= 15 is 0 Å². The molecule has 4 rings (SSSR count). The maximum Gasteiger partial charge on any atom is 0.458 e. The fourth-order valence-corrected chi connectivity index (χ4v) is 3.45. The molecule has 3 nitrogen and oxygen atoms in total. The number of benzene rings is 3. The van der Waals surface area contributed by atoms with Gasteiger partial charge in [0.2, 0.25) is 0 Å². The Bertz CT molecular complexity index is 1280. The van der Waals surface area contributed by atoms with Crippen LogP contribution in [-0.4, -0.2) is 19.4 Å². The van der Waals surface area contributed by atoms with Crippen LogP contribution in [0.5, 0.6) is 5.75 Å². The summed E-state index contributed by atoms with van der Waals surface area (Å²) >= 11 is 0. The lowest BCUT2D eigenvalue weighted by molar-refractivity contribution is -0.202. The van der Waals surface area contributed by atoms with Crippen LogP contribution in [0, 0.1) is 29.4 Å². The van der Waals surface area contributed by atoms with Gasteiger partial charge >= 0.3 is 12.3 Å². The Morgan fingerprint density at radius 3 is 2.20 bits per heavy atom. The van der Waals surface area contributed by atoms with E-state index in [1.165, 1.54) is 30.2 Å². The lowest BCUT2D eigenvalue weighted by Gasteiger charge is -2.27. The average Bonchev–Trinajstić information content (AvgIpc) is 2.79. The highest BCUT2D eigenvalue weighted by atomic mass is 19.4. The van der Waals surface area contributed by atoms with Crippen molar-refractivity contribution in [3.05, 3.63) is 76.9 Å². The summed E-state index contributed by atoms with van der Waals surface area (Å²) in [6.45, 7) is 2.97. The molecule has 0 amide bonds. The molecule has 0 bridgehead atoms. The van der Waals surface area contributed by atoms with Crippen LogP contribution in [0.2, 0.25) is 0 Å². The normalized spacial score (nSPS) is 18.7. The van der Waals surface area contributed by atoms with Crippen LogP contribution in [0.3, 0.4) is 0 Å². The smallest absolute Gasteiger partial charge is 0.429 e. The molecule has 1 fully saturated rings. The number of hydrogen-bond donors (Lipinski definition) is 0. The van der Waals surface area contributed by atoms with Gasteiger partial charge in [0.05, 0.1) is 24.3 Å². The molecule has 0 saturated carbocycles. The molecule has 0 N–H and O–H groups in total. The first-order valence-corrected chi connectivity index (χ1v) is 10.3. The first-order chi connectivity index (χ1) is 16.4. The minimum Gasteiger partial charge on any atom is -0.429 e. The zero-order valence-corrected chi connectivity index (χ0v) is 18.1. The highest BCUT2D eigenvalue weighted by Gasteiger charge is 2.35. The Morgan fingerprint density at radius 2 is 1.57 bits per heavy atom. The summed E-state index contributed by atoms with van der Waals surface area (Å²) in [6, 6.07) is 8.81. The van der Waals surface area contributed by atoms with Crippen molar-refractivity contribution in [1.29, 1.82) is 0 Å². The molecule has 3 aromatic carbocycles. The van der Waals surface area contributed by atoms with Gasteiger partial charge in [-0.25, -0.2) is 8.78 Å². The van der Waals surface area contributed by atoms with Gasteiger partial charge in [-0.05, 0) is 35.7 Å². The lowest BCUT2D eigenvalue weighted by Crippen LogP contribution is -2.25. The van der Waals surface area contributed by atoms with Crippen LogP contribution in [-0.2, 0) is 15.6 Å². The van der Waals surface area contributed by atoms with Crippen LogP contribution in [0.1, 0.15) is 29.9 Å². The Labute approximate surface area is 195 Å². The molecule has 1 saturated heterocycles. The highest BCUT2D eigenvalue weighted by Crippen LogP contribution is 2.35. The highest BCUT2D eigenvalue weighted by molar-refractivity contribution is 5.85. The van der Waals surface area contributed by atoms with E-state index in [0.717, 1.165) is 24.1 Å². The first kappa shape index (κ1) is 24.8. The van der Waals surface area contributed by atoms with Crippen molar-refractivity contribution in [3.63, 3.8) is 0 Å². The molecule has 0 aromatic heterocycles. The topological polar surface area (TPSA) is 27.7 Å². The van der Waals surface area contributed by atoms with Crippen molar-refractivity contribution in [2.24, 2.45) is 5.92 Å². The SMILES string of the molecule is CC1COC(c2ccc(OC(F)(F)c3ccc4c(F)c(C#CC(F)(F)F)c(F)cc4c3)cc2)OC1. The number of fused-ring (bicyclic) bond motifs is 1. The molecular weight excluding hydrogens is 481 g/mol. The molecule has 0 atom stereocenters. The summed E-state index contributed by atoms with van der Waals surface area (Å²) in [6.07, 6.45) is -9.45. The van der Waals surface area contributed by atoms with Crippen LogP contribution >= 0.6 is 0 Å². The van der Waals surface area contributed by atoms with Crippen molar-refractivity contribution in [1.82, 2.24) is 0 Å². The van der Waals surface area contributed by atoms with Crippen molar-refractivity contribution >= 4 is 10.8 Å². The molecule has 10 heteroatoms. The van der Waals surface area contributed by atoms with Gasteiger partial charge in [0.25, 0.3) is 0 Å². The summed E-state index contributed by atoms with van der Waals surface area (Å²) in [4.78, 5) is 0. The van der Waals surface area contributed by atoms with Gasteiger partial charge < -0.3 is 14.2 Å². The Hall–Kier alpha value is -3.29. The predicted molar refractivity (Wildman–Crippen MR) is 112 cm³/mol. The minimum absolute atomic E-state index is 0.182. The van der Waals surface area contributed by atoms with Crippen LogP contribution in [0.25, 0.3) is 10.8 Å². The van der Waals surface area contributed by atoms with E-state index in [4.69, 9.17) is 14.2 Å². The van der Waals surface area contributed by atoms with Gasteiger partial charge in [-0.2, -0.15) is 22.0 Å². The monoisotopic (exact) mass is 498 g/mol. The van der Waals surface area contributed by atoms with Crippen molar-refractivity contribution < 1.29 is 44.9 Å². The first-order valence-electron chi connectivity index (χ1n) is 10.3. The fourth-order valence-electron chi connectivity index (χ4n) is 3.45. The molecule has 0 spiro atoms. The van der Waals surface area contributed by atoms with E-state index in [1.807, 2.05) is 6.92 Å². The third kappa shape index (κ3) is 5.69. The van der Waals surface area contributed by atoms with Gasteiger partial charge in [-0.15, -0.1) is 0 Å². The van der Waals surface area contributed by atoms with E-state index in [1.54, 1.807) is 0 Å². The second-order valence-corrected chi connectivity index (χ2v) is 8.02. The van der Waals surface area contributed by atoms with E-state index in [0.29, 0.717) is 24.8 Å². The summed E-state index contributed by atoms with van der Waals surface area (Å²) in [5.74, 6) is -0.539. The Kier molecular flexibility index (Phi) is 6.66. The average molecular weight is 498 g/mol. The largest absolute Gasteiger partial charge is 0.458 e. The molecule has 0 radical (unpaired) electrons. The van der Waals surface area contributed by atoms with E-state index in [-0.39, 0.29) is 22.4 Å². The molecule has 0 aliphatic carbocycles. The maximum absolute atomic E-state index is 14.8. The summed E-state index contributed by atoms with van der Waals surface area (Å²) in [7, 11) is 0. The zero-order chi connectivity index (χ0) is 25.4. The Morgan fingerprint density at radius 1 is 0.914 bits per heavy atom. The molecule has 1 aliphatic heterocycles. The van der Waals surface area contributed by atoms with E-state index in [9.17, 15) is 30.7 Å². The third-order valence-corrected chi connectivity index (χ3v) is 5.16. The number of ether oxygens (including phenoxy) is 3. The van der Waals surface area contributed by atoms with Crippen LogP contribution in [0.4, 0.5) is 30.7 Å². The maximum atomic E-state index is 14.8. The summed E-state index contributed by atoms with van der Waals surface area (Å²) in [5.41, 5.74) is -1.20. The molecule has 3 aromatic rings. The number of rotatable bonds is 4. The van der Waals surface area contributed by atoms with Crippen molar-refractivity contribution in [2.45, 2.75) is 25.5 Å². The van der Waals surface area contributed by atoms with Crippen molar-refractivity contribution in [3.8, 4) is 17.6 Å². The van der Waals surface area contributed by atoms with Crippen LogP contribution < -0.4 is 4.74 Å². The van der Waals surface area contributed by atoms with Gasteiger partial charge in [-0.1, -0.05) is 31.0 Å². The van der Waals surface area contributed by atoms with Gasteiger partial charge in [-0.3, -0.25) is 0 Å². The standard InChI is InChI=1S/C25H17F7O3/c1-14-12-33-23(34-13-14)15-2-5-18(6-3-15)35-25(31,32)17-4-7-19-16(10-17)11-21(26)20(22(19)27)8-9-24(28,29)30/h2-7,10-11,14,23H,12-13H2,1H3. The molecular formula is C25H17F7O3. The molecule has 0 unspecified atom stereocenters. The second-order valence-electron chi connectivity index (χ2n) is 8.02. The zero-order valence-electron chi connectivity index (χ0n) is 18.1. The summed E-state index contributed by atoms with van der Waals surface area (Å²) in [5, 5.41) is -0.668. The third-order valence-electron chi connectivity index (χ3n) is 5.16. The van der Waals surface area contributed by atoms with Gasteiger partial charge in [0, 0.05) is 22.8 Å². The minimum atomic E-state index is -4.95. The van der Waals surface area contributed by atoms with Crippen molar-refractivity contribution in [2.75, 3.05) is 13.2 Å². The fraction of sp³-hybridized carbons (Fsp3) is 0.280. The predicted octanol–water partition coefficient (Wildman–Crippen LogP) is 6.84. The molecule has 184 valence electrons. The quantitative estimate of drug-likeness (QED) is 0.291. The van der Waals surface area contributed by atoms with E-state index < -0.39 is 41.3 Å². The lowest BCUT2D eigenvalue weighted by atomic mass is 10.0.